The Balaban J connectivity index is 2.12. The first-order valence-electron chi connectivity index (χ1n) is 6.29. The van der Waals surface area contributed by atoms with E-state index in [1.54, 1.807) is 11.3 Å². The molecule has 0 aliphatic carbocycles. The molecule has 1 nitrogen and oxygen atoms in total. The van der Waals surface area contributed by atoms with Crippen LogP contribution < -0.4 is 5.73 Å². The molecule has 1 aromatic heterocycles. The normalized spacial score (nSPS) is 12.6. The monoisotopic (exact) mass is 323 g/mol. The van der Waals surface area contributed by atoms with Crippen LogP contribution in [0.4, 0.5) is 0 Å². The number of hydrogen-bond donors (Lipinski definition) is 1. The second-order valence-corrected chi connectivity index (χ2v) is 6.26. The molecular weight excluding hydrogens is 306 g/mol. The summed E-state index contributed by atoms with van der Waals surface area (Å²) in [6, 6.07) is 10.7. The van der Waals surface area contributed by atoms with Crippen molar-refractivity contribution in [1.82, 2.24) is 0 Å². The minimum atomic E-state index is -0.0281. The Morgan fingerprint density at radius 1 is 1.22 bits per heavy atom. The topological polar surface area (TPSA) is 26.0 Å². The van der Waals surface area contributed by atoms with Crippen LogP contribution >= 0.6 is 27.3 Å². The van der Waals surface area contributed by atoms with Gasteiger partial charge in [0.2, 0.25) is 0 Å². The molecule has 0 aliphatic rings. The molecule has 18 heavy (non-hydrogen) atoms. The molecule has 0 bridgehead atoms. The summed E-state index contributed by atoms with van der Waals surface area (Å²) in [5, 5.41) is 2.06. The zero-order valence-electron chi connectivity index (χ0n) is 10.5. The van der Waals surface area contributed by atoms with Crippen molar-refractivity contribution in [2.45, 2.75) is 32.2 Å². The molecule has 1 aromatic carbocycles. The predicted molar refractivity (Wildman–Crippen MR) is 83.1 cm³/mol. The maximum absolute atomic E-state index is 6.29. The minimum absolute atomic E-state index is 0.0281. The van der Waals surface area contributed by atoms with E-state index in [1.807, 2.05) is 0 Å². The number of benzene rings is 1. The molecule has 96 valence electrons. The summed E-state index contributed by atoms with van der Waals surface area (Å²) < 4.78 is 1.11. The molecule has 1 atom stereocenters. The summed E-state index contributed by atoms with van der Waals surface area (Å²) in [6.45, 7) is 2.22. The summed E-state index contributed by atoms with van der Waals surface area (Å²) in [5.74, 6) is 0. The Kier molecular flexibility index (Phi) is 4.98. The molecule has 3 heteroatoms. The average molecular weight is 324 g/mol. The summed E-state index contributed by atoms with van der Waals surface area (Å²) in [7, 11) is 0. The molecule has 1 unspecified atom stereocenters. The maximum Gasteiger partial charge on any atom is 0.0657 e. The molecule has 0 aliphatic heterocycles. The second kappa shape index (κ2) is 6.50. The number of unbranched alkanes of at least 4 members (excludes halogenated alkanes) is 1. The van der Waals surface area contributed by atoms with Gasteiger partial charge in [0.05, 0.1) is 6.04 Å². The fourth-order valence-electron chi connectivity index (χ4n) is 1.95. The van der Waals surface area contributed by atoms with E-state index in [9.17, 15) is 0 Å². The van der Waals surface area contributed by atoms with Gasteiger partial charge in [-0.15, -0.1) is 11.3 Å². The Morgan fingerprint density at radius 3 is 2.50 bits per heavy atom. The van der Waals surface area contributed by atoms with E-state index in [1.165, 1.54) is 28.8 Å². The van der Waals surface area contributed by atoms with Crippen LogP contribution in [0.2, 0.25) is 0 Å². The van der Waals surface area contributed by atoms with Crippen LogP contribution in [-0.4, -0.2) is 0 Å². The SMILES string of the molecule is CCCCc1ccc(C(N)c2sccc2Br)cc1. The third-order valence-electron chi connectivity index (χ3n) is 3.09. The van der Waals surface area contributed by atoms with Gasteiger partial charge in [-0.3, -0.25) is 0 Å². The lowest BCUT2D eigenvalue weighted by Gasteiger charge is -2.12. The fraction of sp³-hybridized carbons (Fsp3) is 0.333. The van der Waals surface area contributed by atoms with E-state index < -0.39 is 0 Å². The van der Waals surface area contributed by atoms with Gasteiger partial charge in [-0.2, -0.15) is 0 Å². The van der Waals surface area contributed by atoms with Crippen LogP contribution in [0.1, 0.15) is 41.8 Å². The number of aryl methyl sites for hydroxylation is 1. The van der Waals surface area contributed by atoms with E-state index >= 15 is 0 Å². The highest BCUT2D eigenvalue weighted by molar-refractivity contribution is 9.10. The van der Waals surface area contributed by atoms with Gasteiger partial charge in [-0.25, -0.2) is 0 Å². The number of thiophene rings is 1. The van der Waals surface area contributed by atoms with Gasteiger partial charge in [0.25, 0.3) is 0 Å². The van der Waals surface area contributed by atoms with Crippen LogP contribution in [0.3, 0.4) is 0 Å². The highest BCUT2D eigenvalue weighted by Gasteiger charge is 2.13. The van der Waals surface area contributed by atoms with Crippen molar-refractivity contribution in [2.24, 2.45) is 5.73 Å². The lowest BCUT2D eigenvalue weighted by molar-refractivity contribution is 0.793. The highest BCUT2D eigenvalue weighted by Crippen LogP contribution is 2.31. The summed E-state index contributed by atoms with van der Waals surface area (Å²) in [5.41, 5.74) is 8.87. The Bertz CT molecular complexity index is 489. The molecule has 0 spiro atoms. The molecule has 0 saturated heterocycles. The van der Waals surface area contributed by atoms with E-state index in [0.29, 0.717) is 0 Å². The van der Waals surface area contributed by atoms with Gasteiger partial charge < -0.3 is 5.73 Å². The van der Waals surface area contributed by atoms with Crippen LogP contribution in [0, 0.1) is 0 Å². The second-order valence-electron chi connectivity index (χ2n) is 4.46. The number of hydrogen-bond acceptors (Lipinski definition) is 2. The van der Waals surface area contributed by atoms with E-state index in [-0.39, 0.29) is 6.04 Å². The maximum atomic E-state index is 6.29. The Hall–Kier alpha value is -0.640. The molecule has 2 aromatic rings. The van der Waals surface area contributed by atoms with Crippen LogP contribution in [-0.2, 0) is 6.42 Å². The van der Waals surface area contributed by atoms with Crippen molar-refractivity contribution in [1.29, 1.82) is 0 Å². The molecule has 0 saturated carbocycles. The first-order valence-corrected chi connectivity index (χ1v) is 7.97. The van der Waals surface area contributed by atoms with Gasteiger partial charge in [0.15, 0.2) is 0 Å². The number of halogens is 1. The summed E-state index contributed by atoms with van der Waals surface area (Å²) in [4.78, 5) is 1.19. The Labute approximate surface area is 121 Å². The van der Waals surface area contributed by atoms with Crippen LogP contribution in [0.25, 0.3) is 0 Å². The van der Waals surface area contributed by atoms with Crippen molar-refractivity contribution in [3.8, 4) is 0 Å². The first kappa shape index (κ1) is 13.8. The zero-order valence-corrected chi connectivity index (χ0v) is 12.9. The minimum Gasteiger partial charge on any atom is -0.320 e. The highest BCUT2D eigenvalue weighted by atomic mass is 79.9. The largest absolute Gasteiger partial charge is 0.320 e. The van der Waals surface area contributed by atoms with Crippen molar-refractivity contribution in [3.63, 3.8) is 0 Å². The quantitative estimate of drug-likeness (QED) is 0.831. The number of rotatable bonds is 5. The average Bonchev–Trinajstić information content (AvgIpc) is 2.82. The van der Waals surface area contributed by atoms with Gasteiger partial charge in [-0.05, 0) is 51.3 Å². The molecule has 0 radical (unpaired) electrons. The smallest absolute Gasteiger partial charge is 0.0657 e. The van der Waals surface area contributed by atoms with E-state index in [2.05, 4.69) is 58.6 Å². The van der Waals surface area contributed by atoms with Crippen molar-refractivity contribution in [2.75, 3.05) is 0 Å². The zero-order chi connectivity index (χ0) is 13.0. The molecule has 2 N–H and O–H groups in total. The van der Waals surface area contributed by atoms with Crippen LogP contribution in [0.15, 0.2) is 40.2 Å². The molecule has 0 fully saturated rings. The van der Waals surface area contributed by atoms with Crippen LogP contribution in [0.5, 0.6) is 0 Å². The lowest BCUT2D eigenvalue weighted by Crippen LogP contribution is -2.10. The molecular formula is C15H18BrNS. The van der Waals surface area contributed by atoms with Gasteiger partial charge in [0, 0.05) is 9.35 Å². The summed E-state index contributed by atoms with van der Waals surface area (Å²) in [6.07, 6.45) is 3.65. The lowest BCUT2D eigenvalue weighted by atomic mass is 10.0. The van der Waals surface area contributed by atoms with E-state index in [4.69, 9.17) is 5.73 Å². The fourth-order valence-corrected chi connectivity index (χ4v) is 3.60. The van der Waals surface area contributed by atoms with Gasteiger partial charge >= 0.3 is 0 Å². The standard InChI is InChI=1S/C15H18BrNS/c1-2-3-4-11-5-7-12(8-6-11)14(17)15-13(16)9-10-18-15/h5-10,14H,2-4,17H2,1H3. The molecule has 0 amide bonds. The predicted octanol–water partition coefficient (Wildman–Crippen LogP) is 4.90. The summed E-state index contributed by atoms with van der Waals surface area (Å²) >= 11 is 5.24. The molecule has 2 rings (SSSR count). The third kappa shape index (κ3) is 3.22. The van der Waals surface area contributed by atoms with Crippen molar-refractivity contribution >= 4 is 27.3 Å². The molecule has 1 heterocycles. The first-order chi connectivity index (χ1) is 8.72. The van der Waals surface area contributed by atoms with Gasteiger partial charge in [0.1, 0.15) is 0 Å². The van der Waals surface area contributed by atoms with E-state index in [0.717, 1.165) is 10.9 Å². The van der Waals surface area contributed by atoms with Crippen molar-refractivity contribution < 1.29 is 0 Å². The van der Waals surface area contributed by atoms with Crippen molar-refractivity contribution in [3.05, 3.63) is 56.2 Å². The number of nitrogens with two attached hydrogens (primary N) is 1. The Morgan fingerprint density at radius 2 is 1.94 bits per heavy atom. The third-order valence-corrected chi connectivity index (χ3v) is 5.04. The van der Waals surface area contributed by atoms with Gasteiger partial charge in [-0.1, -0.05) is 37.6 Å².